The molecule has 5 aromatic rings. The zero-order valence-corrected chi connectivity index (χ0v) is 27.1. The molecule has 0 aliphatic heterocycles. The van der Waals surface area contributed by atoms with E-state index in [4.69, 9.17) is 4.98 Å². The molecule has 5 rings (SSSR count). The van der Waals surface area contributed by atoms with Gasteiger partial charge in [0.25, 0.3) is 0 Å². The van der Waals surface area contributed by atoms with E-state index >= 15 is 0 Å². The number of sulfone groups is 1. The lowest BCUT2D eigenvalue weighted by molar-refractivity contribution is -0.0000115. The molecule has 42 heavy (non-hydrogen) atoms. The third kappa shape index (κ3) is 6.67. The van der Waals surface area contributed by atoms with E-state index in [0.29, 0.717) is 17.8 Å². The Bertz CT molecular complexity index is 1620. The zero-order chi connectivity index (χ0) is 29.0. The van der Waals surface area contributed by atoms with E-state index in [1.54, 1.807) is 12.1 Å². The number of nitrogens with zero attached hydrogens (tertiary/aromatic N) is 2. The molecule has 0 radical (unpaired) electrons. The highest BCUT2D eigenvalue weighted by atomic mass is 79.9. The second-order valence-electron chi connectivity index (χ2n) is 10.4. The molecule has 0 saturated heterocycles. The van der Waals surface area contributed by atoms with Gasteiger partial charge in [-0.1, -0.05) is 54.6 Å². The molecule has 0 unspecified atom stereocenters. The summed E-state index contributed by atoms with van der Waals surface area (Å²) in [5.74, 6) is -0.0872. The van der Waals surface area contributed by atoms with Crippen molar-refractivity contribution >= 4 is 39.0 Å². The summed E-state index contributed by atoms with van der Waals surface area (Å²) < 4.78 is 40.4. The Hall–Kier alpha value is -3.32. The van der Waals surface area contributed by atoms with Gasteiger partial charge in [-0.15, -0.1) is 0 Å². The predicted octanol–water partition coefficient (Wildman–Crippen LogP) is 3.18. The van der Waals surface area contributed by atoms with E-state index < -0.39 is 17.1 Å². The van der Waals surface area contributed by atoms with Crippen LogP contribution in [0.25, 0.3) is 11.3 Å². The normalized spacial score (nSPS) is 11.7. The fourth-order valence-corrected chi connectivity index (χ4v) is 9.95. The number of hydrogen-bond acceptors (Lipinski definition) is 4. The fourth-order valence-electron chi connectivity index (χ4n) is 5.33. The molecule has 4 aromatic carbocycles. The van der Waals surface area contributed by atoms with Crippen LogP contribution in [-0.2, 0) is 16.0 Å². The molecular formula is C33H34BrFN3O2PS. The van der Waals surface area contributed by atoms with Gasteiger partial charge >= 0.3 is 0 Å². The Balaban J connectivity index is 0.00000405. The molecule has 0 saturated carbocycles. The summed E-state index contributed by atoms with van der Waals surface area (Å²) in [5.41, 5.74) is 2.45. The van der Waals surface area contributed by atoms with Crippen LogP contribution in [0.1, 0.15) is 25.6 Å². The summed E-state index contributed by atoms with van der Waals surface area (Å²) >= 11 is 0. The van der Waals surface area contributed by atoms with Crippen LogP contribution in [0.3, 0.4) is 0 Å². The summed E-state index contributed by atoms with van der Waals surface area (Å²) in [6.45, 7) is 4.14. The fraction of sp³-hybridized carbons (Fsp3) is 0.182. The van der Waals surface area contributed by atoms with Gasteiger partial charge in [-0.3, -0.25) is 0 Å². The second-order valence-corrected chi connectivity index (χ2v) is 16.0. The summed E-state index contributed by atoms with van der Waals surface area (Å²) in [7, 11) is -5.63. The van der Waals surface area contributed by atoms with Gasteiger partial charge in [0.2, 0.25) is 5.95 Å². The number of imidazole rings is 1. The van der Waals surface area contributed by atoms with Gasteiger partial charge in [0.1, 0.15) is 41.0 Å². The zero-order valence-electron chi connectivity index (χ0n) is 23.8. The van der Waals surface area contributed by atoms with Crippen LogP contribution in [-0.4, -0.2) is 30.1 Å². The molecule has 0 fully saturated rings. The first kappa shape index (κ1) is 31.6. The van der Waals surface area contributed by atoms with Crippen LogP contribution in [0.2, 0.25) is 0 Å². The number of rotatable bonds is 10. The van der Waals surface area contributed by atoms with Crippen LogP contribution >= 0.6 is 7.26 Å². The highest BCUT2D eigenvalue weighted by molar-refractivity contribution is 7.95. The van der Waals surface area contributed by atoms with Crippen LogP contribution in [0.5, 0.6) is 0 Å². The molecule has 5 nitrogen and oxygen atoms in total. The topological polar surface area (TPSA) is 64.0 Å². The smallest absolute Gasteiger partial charge is 0.204 e. The van der Waals surface area contributed by atoms with Crippen molar-refractivity contribution in [2.75, 3.05) is 17.4 Å². The highest BCUT2D eigenvalue weighted by Crippen LogP contribution is 2.59. The average molecular weight is 667 g/mol. The molecule has 1 N–H and O–H groups in total. The molecule has 0 aliphatic carbocycles. The Morgan fingerprint density at radius 2 is 1.24 bits per heavy atom. The molecule has 0 spiro atoms. The lowest BCUT2D eigenvalue weighted by Crippen LogP contribution is -3.00. The number of anilines is 1. The van der Waals surface area contributed by atoms with Crippen molar-refractivity contribution in [1.82, 2.24) is 9.55 Å². The van der Waals surface area contributed by atoms with Crippen LogP contribution < -0.4 is 38.2 Å². The number of aromatic nitrogens is 2. The van der Waals surface area contributed by atoms with E-state index in [9.17, 15) is 12.8 Å². The van der Waals surface area contributed by atoms with Crippen molar-refractivity contribution in [3.05, 3.63) is 127 Å². The third-order valence-electron chi connectivity index (χ3n) is 7.11. The lowest BCUT2D eigenvalue weighted by Gasteiger charge is -2.29. The first-order valence-corrected chi connectivity index (χ1v) is 17.6. The maximum atomic E-state index is 14.0. The lowest BCUT2D eigenvalue weighted by atomic mass is 10.1. The molecule has 218 valence electrons. The van der Waals surface area contributed by atoms with Gasteiger partial charge in [0.15, 0.2) is 9.84 Å². The molecule has 9 heteroatoms. The first-order chi connectivity index (χ1) is 19.7. The maximum Gasteiger partial charge on any atom is 0.204 e. The minimum atomic E-state index is -3.31. The van der Waals surface area contributed by atoms with Crippen molar-refractivity contribution in [2.45, 2.75) is 26.1 Å². The van der Waals surface area contributed by atoms with Crippen LogP contribution in [0.15, 0.2) is 115 Å². The van der Waals surface area contributed by atoms with Crippen molar-refractivity contribution < 1.29 is 29.8 Å². The monoisotopic (exact) mass is 665 g/mol. The van der Waals surface area contributed by atoms with E-state index in [0.717, 1.165) is 11.3 Å². The quantitative estimate of drug-likeness (QED) is 0.233. The molecule has 1 aromatic heterocycles. The Kier molecular flexibility index (Phi) is 10.0. The van der Waals surface area contributed by atoms with Gasteiger partial charge < -0.3 is 26.9 Å². The minimum absolute atomic E-state index is 0. The van der Waals surface area contributed by atoms with Crippen LogP contribution in [0.4, 0.5) is 10.3 Å². The minimum Gasteiger partial charge on any atom is -1.00 e. The van der Waals surface area contributed by atoms with Gasteiger partial charge in [-0.25, -0.2) is 17.8 Å². The molecule has 0 bridgehead atoms. The SMILES string of the molecule is CC(C)n1c(NCS(C)(=O)=O)nc(-c2ccc(F)cc2)c1C[P+](c1ccccc1)(c1ccccc1)c1ccccc1.[Br-]. The van der Waals surface area contributed by atoms with Crippen LogP contribution in [0, 0.1) is 5.82 Å². The molecule has 0 aliphatic rings. The first-order valence-electron chi connectivity index (χ1n) is 13.5. The number of hydrogen-bond donors (Lipinski definition) is 1. The van der Waals surface area contributed by atoms with Crippen molar-refractivity contribution in [1.29, 1.82) is 0 Å². The Labute approximate surface area is 258 Å². The van der Waals surface area contributed by atoms with Gasteiger partial charge in [0, 0.05) is 17.9 Å². The average Bonchev–Trinajstić information content (AvgIpc) is 3.34. The van der Waals surface area contributed by atoms with Crippen molar-refractivity contribution in [3.63, 3.8) is 0 Å². The van der Waals surface area contributed by atoms with E-state index in [1.165, 1.54) is 34.3 Å². The summed E-state index contributed by atoms with van der Waals surface area (Å²) in [4.78, 5) is 4.98. The Morgan fingerprint density at radius 1 is 0.786 bits per heavy atom. The van der Waals surface area contributed by atoms with Crippen molar-refractivity contribution in [2.24, 2.45) is 0 Å². The van der Waals surface area contributed by atoms with E-state index in [2.05, 4.69) is 96.5 Å². The second kappa shape index (κ2) is 13.3. The van der Waals surface area contributed by atoms with E-state index in [-0.39, 0.29) is 34.7 Å². The summed E-state index contributed by atoms with van der Waals surface area (Å²) in [6.07, 6.45) is 1.82. The number of nitrogens with one attached hydrogen (secondary N) is 1. The largest absolute Gasteiger partial charge is 1.00 e. The highest BCUT2D eigenvalue weighted by Gasteiger charge is 2.47. The van der Waals surface area contributed by atoms with Crippen molar-refractivity contribution in [3.8, 4) is 11.3 Å². The summed E-state index contributed by atoms with van der Waals surface area (Å²) in [6, 6.07) is 38.1. The Morgan fingerprint density at radius 3 is 1.64 bits per heavy atom. The maximum absolute atomic E-state index is 14.0. The molecule has 0 amide bonds. The van der Waals surface area contributed by atoms with Gasteiger partial charge in [0.05, 0.1) is 11.4 Å². The number of halogens is 2. The van der Waals surface area contributed by atoms with Gasteiger partial charge in [-0.2, -0.15) is 0 Å². The molecule has 1 heterocycles. The standard InChI is InChI=1S/C33H34FN3O2PS.BrH/c1-25(2)37-31(32(26-19-21-27(34)22-20-26)36-33(37)35-24-41(3,38)39)23-40(28-13-7-4-8-14-28,29-15-9-5-10-16-29)30-17-11-6-12-18-30;/h4-22,25H,23-24H2,1-3H3,(H,35,36);1H/q+1;/p-1. The third-order valence-corrected chi connectivity index (χ3v) is 12.1. The number of benzene rings is 4. The van der Waals surface area contributed by atoms with Gasteiger partial charge in [-0.05, 0) is 74.5 Å². The van der Waals surface area contributed by atoms with E-state index in [1.807, 2.05) is 18.2 Å². The summed E-state index contributed by atoms with van der Waals surface area (Å²) in [5, 5.41) is 6.76. The molecule has 0 atom stereocenters. The predicted molar refractivity (Wildman–Crippen MR) is 170 cm³/mol. The molecular weight excluding hydrogens is 632 g/mol.